The Labute approximate surface area is 127 Å². The SMILES string of the molecule is O=C(O)Cn1cc(NC(=O)c2cccc(Br)c2Cl)cn1. The summed E-state index contributed by atoms with van der Waals surface area (Å²) in [5, 5.41) is 15.4. The first-order valence-corrected chi connectivity index (χ1v) is 6.64. The van der Waals surface area contributed by atoms with E-state index >= 15 is 0 Å². The second-order valence-corrected chi connectivity index (χ2v) is 5.11. The Bertz CT molecular complexity index is 672. The monoisotopic (exact) mass is 357 g/mol. The van der Waals surface area contributed by atoms with Crippen LogP contribution in [-0.4, -0.2) is 26.8 Å². The number of carboxylic acid groups (broad SMARTS) is 1. The maximum absolute atomic E-state index is 12.0. The van der Waals surface area contributed by atoms with Crippen LogP contribution in [0.2, 0.25) is 5.02 Å². The van der Waals surface area contributed by atoms with Gasteiger partial charge in [0.2, 0.25) is 0 Å². The van der Waals surface area contributed by atoms with Crippen LogP contribution in [0.15, 0.2) is 35.1 Å². The highest BCUT2D eigenvalue weighted by atomic mass is 79.9. The predicted octanol–water partition coefficient (Wildman–Crippen LogP) is 2.64. The number of carbonyl (C=O) groups is 2. The van der Waals surface area contributed by atoms with Crippen molar-refractivity contribution in [3.63, 3.8) is 0 Å². The lowest BCUT2D eigenvalue weighted by Crippen LogP contribution is -2.12. The number of nitrogens with one attached hydrogen (secondary N) is 1. The molecule has 1 aromatic heterocycles. The Hall–Kier alpha value is -1.86. The van der Waals surface area contributed by atoms with Crippen LogP contribution in [0.5, 0.6) is 0 Å². The van der Waals surface area contributed by atoms with Crippen molar-refractivity contribution in [3.05, 3.63) is 45.7 Å². The molecule has 1 aromatic carbocycles. The molecule has 8 heteroatoms. The summed E-state index contributed by atoms with van der Waals surface area (Å²) in [4.78, 5) is 22.6. The van der Waals surface area contributed by atoms with E-state index in [1.54, 1.807) is 18.2 Å². The van der Waals surface area contributed by atoms with E-state index < -0.39 is 11.9 Å². The summed E-state index contributed by atoms with van der Waals surface area (Å²) in [5.74, 6) is -1.41. The molecule has 2 rings (SSSR count). The smallest absolute Gasteiger partial charge is 0.325 e. The van der Waals surface area contributed by atoms with Crippen molar-refractivity contribution >= 4 is 45.1 Å². The summed E-state index contributed by atoms with van der Waals surface area (Å²) in [6, 6.07) is 5.01. The molecule has 0 aliphatic rings. The van der Waals surface area contributed by atoms with Gasteiger partial charge in [0.25, 0.3) is 5.91 Å². The number of rotatable bonds is 4. The first-order valence-electron chi connectivity index (χ1n) is 5.47. The minimum atomic E-state index is -1.01. The number of benzene rings is 1. The third kappa shape index (κ3) is 3.37. The molecule has 2 N–H and O–H groups in total. The molecular formula is C12H9BrClN3O3. The van der Waals surface area contributed by atoms with Gasteiger partial charge >= 0.3 is 5.97 Å². The van der Waals surface area contributed by atoms with Crippen molar-refractivity contribution in [1.82, 2.24) is 9.78 Å². The van der Waals surface area contributed by atoms with Crippen molar-refractivity contribution in [3.8, 4) is 0 Å². The van der Waals surface area contributed by atoms with Gasteiger partial charge in [-0.25, -0.2) is 0 Å². The van der Waals surface area contributed by atoms with E-state index in [4.69, 9.17) is 16.7 Å². The number of anilines is 1. The van der Waals surface area contributed by atoms with Gasteiger partial charge in [0.15, 0.2) is 0 Å². The van der Waals surface area contributed by atoms with Crippen LogP contribution in [-0.2, 0) is 11.3 Å². The molecule has 0 unspecified atom stereocenters. The van der Waals surface area contributed by atoms with E-state index in [2.05, 4.69) is 26.3 Å². The number of aliphatic carboxylic acids is 1. The highest BCUT2D eigenvalue weighted by Crippen LogP contribution is 2.26. The number of nitrogens with zero attached hydrogens (tertiary/aromatic N) is 2. The fraction of sp³-hybridized carbons (Fsp3) is 0.0833. The van der Waals surface area contributed by atoms with E-state index in [0.29, 0.717) is 20.7 Å². The standard InChI is InChI=1S/C12H9BrClN3O3/c13-9-3-1-2-8(11(9)14)12(20)16-7-4-15-17(5-7)6-10(18)19/h1-5H,6H2,(H,16,20)(H,18,19). The molecule has 0 bridgehead atoms. The Morgan fingerprint density at radius 1 is 1.45 bits per heavy atom. The Balaban J connectivity index is 2.13. The van der Waals surface area contributed by atoms with Crippen LogP contribution >= 0.6 is 27.5 Å². The summed E-state index contributed by atoms with van der Waals surface area (Å²) in [6.07, 6.45) is 2.80. The molecule has 6 nitrogen and oxygen atoms in total. The average Bonchev–Trinajstić information content (AvgIpc) is 2.79. The van der Waals surface area contributed by atoms with Crippen LogP contribution in [0.1, 0.15) is 10.4 Å². The summed E-state index contributed by atoms with van der Waals surface area (Å²) in [6.45, 7) is -0.270. The van der Waals surface area contributed by atoms with Crippen molar-refractivity contribution in [2.75, 3.05) is 5.32 Å². The molecule has 0 saturated heterocycles. The molecule has 0 aliphatic heterocycles. The lowest BCUT2D eigenvalue weighted by atomic mass is 10.2. The van der Waals surface area contributed by atoms with Crippen molar-refractivity contribution in [1.29, 1.82) is 0 Å². The van der Waals surface area contributed by atoms with E-state index in [9.17, 15) is 9.59 Å². The summed E-state index contributed by atoms with van der Waals surface area (Å²) in [7, 11) is 0. The molecule has 0 saturated carbocycles. The Kier molecular flexibility index (Phi) is 4.41. The topological polar surface area (TPSA) is 84.2 Å². The minimum absolute atomic E-state index is 0.270. The van der Waals surface area contributed by atoms with Gasteiger partial charge in [-0.1, -0.05) is 17.7 Å². The van der Waals surface area contributed by atoms with Gasteiger partial charge in [0.05, 0.1) is 22.5 Å². The molecule has 0 atom stereocenters. The molecule has 1 amide bonds. The number of halogens is 2. The first kappa shape index (κ1) is 14.5. The van der Waals surface area contributed by atoms with Crippen molar-refractivity contribution in [2.45, 2.75) is 6.54 Å². The minimum Gasteiger partial charge on any atom is -0.480 e. The van der Waals surface area contributed by atoms with Crippen molar-refractivity contribution < 1.29 is 14.7 Å². The third-order valence-corrected chi connectivity index (χ3v) is 3.68. The predicted molar refractivity (Wildman–Crippen MR) is 77.0 cm³/mol. The van der Waals surface area contributed by atoms with Crippen LogP contribution in [0.3, 0.4) is 0 Å². The van der Waals surface area contributed by atoms with Crippen LogP contribution in [0.25, 0.3) is 0 Å². The average molecular weight is 359 g/mol. The maximum Gasteiger partial charge on any atom is 0.325 e. The number of aromatic nitrogens is 2. The van der Waals surface area contributed by atoms with Gasteiger partial charge in [-0.05, 0) is 28.1 Å². The van der Waals surface area contributed by atoms with E-state index in [-0.39, 0.29) is 6.54 Å². The largest absolute Gasteiger partial charge is 0.480 e. The van der Waals surface area contributed by atoms with Crippen LogP contribution < -0.4 is 5.32 Å². The molecule has 0 aliphatic carbocycles. The summed E-state index contributed by atoms with van der Waals surface area (Å²) >= 11 is 9.26. The summed E-state index contributed by atoms with van der Waals surface area (Å²) in [5.41, 5.74) is 0.708. The van der Waals surface area contributed by atoms with E-state index in [0.717, 1.165) is 0 Å². The highest BCUT2D eigenvalue weighted by molar-refractivity contribution is 9.10. The second kappa shape index (κ2) is 6.06. The molecule has 20 heavy (non-hydrogen) atoms. The molecule has 104 valence electrons. The molecule has 2 aromatic rings. The van der Waals surface area contributed by atoms with Crippen LogP contribution in [0, 0.1) is 0 Å². The molecule has 0 radical (unpaired) electrons. The lowest BCUT2D eigenvalue weighted by Gasteiger charge is -2.05. The van der Waals surface area contributed by atoms with Gasteiger partial charge < -0.3 is 10.4 Å². The maximum atomic E-state index is 12.0. The molecule has 0 fully saturated rings. The quantitative estimate of drug-likeness (QED) is 0.880. The normalized spacial score (nSPS) is 10.3. The lowest BCUT2D eigenvalue weighted by molar-refractivity contribution is -0.137. The van der Waals surface area contributed by atoms with Gasteiger partial charge in [-0.3, -0.25) is 14.3 Å². The molecule has 1 heterocycles. The van der Waals surface area contributed by atoms with Gasteiger partial charge in [0.1, 0.15) is 6.54 Å². The number of hydrogen-bond acceptors (Lipinski definition) is 3. The first-order chi connectivity index (χ1) is 9.47. The molecular weight excluding hydrogens is 350 g/mol. The van der Waals surface area contributed by atoms with E-state index in [1.165, 1.54) is 17.1 Å². The van der Waals surface area contributed by atoms with Crippen molar-refractivity contribution in [2.24, 2.45) is 0 Å². The second-order valence-electron chi connectivity index (χ2n) is 3.88. The number of hydrogen-bond donors (Lipinski definition) is 2. The Morgan fingerprint density at radius 3 is 2.90 bits per heavy atom. The van der Waals surface area contributed by atoms with E-state index in [1.807, 2.05) is 0 Å². The highest BCUT2D eigenvalue weighted by Gasteiger charge is 2.13. The fourth-order valence-electron chi connectivity index (χ4n) is 1.53. The fourth-order valence-corrected chi connectivity index (χ4v) is 2.11. The zero-order valence-corrected chi connectivity index (χ0v) is 12.3. The van der Waals surface area contributed by atoms with Crippen LogP contribution in [0.4, 0.5) is 5.69 Å². The Morgan fingerprint density at radius 2 is 2.20 bits per heavy atom. The van der Waals surface area contributed by atoms with Gasteiger partial charge in [0, 0.05) is 10.7 Å². The number of carboxylic acids is 1. The zero-order chi connectivity index (χ0) is 14.7. The summed E-state index contributed by atoms with van der Waals surface area (Å²) < 4.78 is 1.83. The molecule has 0 spiro atoms. The van der Waals surface area contributed by atoms with Gasteiger partial charge in [-0.2, -0.15) is 5.10 Å². The third-order valence-electron chi connectivity index (χ3n) is 2.38. The number of carbonyl (C=O) groups excluding carboxylic acids is 1. The van der Waals surface area contributed by atoms with Gasteiger partial charge in [-0.15, -0.1) is 0 Å². The zero-order valence-electron chi connectivity index (χ0n) is 10.0. The number of amides is 1.